The van der Waals surface area contributed by atoms with Crippen molar-refractivity contribution in [3.8, 4) is 0 Å². The molecule has 1 heteroatoms. The number of hydrogen-bond donors (Lipinski definition) is 0. The Bertz CT molecular complexity index is 762. The number of allylic oxidation sites excluding steroid dienone is 6. The zero-order valence-electron chi connectivity index (χ0n) is 11.1. The van der Waals surface area contributed by atoms with Crippen LogP contribution < -0.4 is 5.46 Å². The lowest BCUT2D eigenvalue weighted by Crippen LogP contribution is -2.14. The first-order valence-electron chi connectivity index (χ1n) is 6.93. The molecule has 0 unspecified atom stereocenters. The fourth-order valence-corrected chi connectivity index (χ4v) is 3.16. The van der Waals surface area contributed by atoms with Crippen LogP contribution in [0.25, 0.3) is 16.3 Å². The average Bonchev–Trinajstić information content (AvgIpc) is 2.71. The molecule has 0 radical (unpaired) electrons. The summed E-state index contributed by atoms with van der Waals surface area (Å²) in [5, 5.41) is 2.75. The fraction of sp³-hybridized carbons (Fsp3) is 0.111. The lowest BCUT2D eigenvalue weighted by molar-refractivity contribution is 0.942. The Morgan fingerprint density at radius 1 is 0.947 bits per heavy atom. The second-order valence-corrected chi connectivity index (χ2v) is 5.51. The molecule has 2 aliphatic rings. The van der Waals surface area contributed by atoms with Gasteiger partial charge in [0.25, 0.3) is 0 Å². The monoisotopic (exact) mass is 242 g/mol. The lowest BCUT2D eigenvalue weighted by Gasteiger charge is -2.07. The summed E-state index contributed by atoms with van der Waals surface area (Å²) >= 11 is 0. The van der Waals surface area contributed by atoms with Crippen LogP contribution in [0.4, 0.5) is 0 Å². The Balaban J connectivity index is 1.96. The quantitative estimate of drug-likeness (QED) is 0.621. The Morgan fingerprint density at radius 3 is 2.74 bits per heavy atom. The maximum absolute atomic E-state index is 2.31. The predicted molar refractivity (Wildman–Crippen MR) is 85.1 cm³/mol. The highest BCUT2D eigenvalue weighted by molar-refractivity contribution is 6.70. The Kier molecular flexibility index (Phi) is 2.28. The summed E-state index contributed by atoms with van der Waals surface area (Å²) in [4.78, 5) is 0. The number of fused-ring (bicyclic) bond motifs is 4. The summed E-state index contributed by atoms with van der Waals surface area (Å²) in [5.41, 5.74) is 5.80. The highest BCUT2D eigenvalue weighted by atomic mass is 14.2. The predicted octanol–water partition coefficient (Wildman–Crippen LogP) is 3.39. The van der Waals surface area contributed by atoms with Gasteiger partial charge in [-0.3, -0.25) is 0 Å². The molecule has 0 saturated carbocycles. The van der Waals surface area contributed by atoms with Crippen molar-refractivity contribution in [3.63, 3.8) is 0 Å². The normalized spacial score (nSPS) is 20.2. The van der Waals surface area contributed by atoms with Crippen LogP contribution in [0.1, 0.15) is 12.5 Å². The average molecular weight is 242 g/mol. The lowest BCUT2D eigenvalue weighted by atomic mass is 9.65. The highest BCUT2D eigenvalue weighted by Crippen LogP contribution is 2.30. The third-order valence-corrected chi connectivity index (χ3v) is 4.21. The molecule has 1 aliphatic heterocycles. The van der Waals surface area contributed by atoms with Crippen molar-refractivity contribution in [2.24, 2.45) is 5.92 Å². The molecule has 1 aliphatic carbocycles. The maximum Gasteiger partial charge on any atom is 0.194 e. The van der Waals surface area contributed by atoms with Crippen molar-refractivity contribution in [2.75, 3.05) is 0 Å². The van der Waals surface area contributed by atoms with E-state index in [4.69, 9.17) is 0 Å². The van der Waals surface area contributed by atoms with Crippen LogP contribution in [0, 0.1) is 5.92 Å². The van der Waals surface area contributed by atoms with Crippen molar-refractivity contribution in [1.82, 2.24) is 0 Å². The van der Waals surface area contributed by atoms with Crippen LogP contribution in [0.3, 0.4) is 0 Å². The van der Waals surface area contributed by atoms with E-state index in [1.54, 1.807) is 0 Å². The minimum Gasteiger partial charge on any atom is -0.0784 e. The van der Waals surface area contributed by atoms with E-state index < -0.39 is 0 Å². The summed E-state index contributed by atoms with van der Waals surface area (Å²) in [6.07, 6.45) is 9.21. The van der Waals surface area contributed by atoms with Crippen LogP contribution >= 0.6 is 0 Å². The smallest absolute Gasteiger partial charge is 0.0784 e. The summed E-state index contributed by atoms with van der Waals surface area (Å²) in [6, 6.07) is 13.2. The Labute approximate surface area is 114 Å². The van der Waals surface area contributed by atoms with Gasteiger partial charge >= 0.3 is 0 Å². The van der Waals surface area contributed by atoms with E-state index in [1.165, 1.54) is 32.8 Å². The minimum absolute atomic E-state index is 0.537. The largest absolute Gasteiger partial charge is 0.194 e. The number of rotatable bonds is 0. The molecule has 0 aromatic heterocycles. The molecule has 2 aromatic rings. The van der Waals surface area contributed by atoms with Crippen molar-refractivity contribution >= 4 is 29.1 Å². The van der Waals surface area contributed by atoms with Gasteiger partial charge in [0.2, 0.25) is 0 Å². The molecular formula is C18H15B. The SMILES string of the molecule is C[C@H]1C=CC2=C(C=C1)c1ccc3ccccc3c1B2. The van der Waals surface area contributed by atoms with Gasteiger partial charge < -0.3 is 0 Å². The molecule has 0 amide bonds. The third kappa shape index (κ3) is 1.62. The van der Waals surface area contributed by atoms with E-state index >= 15 is 0 Å². The molecule has 19 heavy (non-hydrogen) atoms. The molecule has 0 N–H and O–H groups in total. The molecule has 1 atom stereocenters. The Hall–Kier alpha value is -2.02. The van der Waals surface area contributed by atoms with Crippen LogP contribution in [-0.2, 0) is 0 Å². The second kappa shape index (κ2) is 3.99. The van der Waals surface area contributed by atoms with Gasteiger partial charge in [0, 0.05) is 0 Å². The third-order valence-electron chi connectivity index (χ3n) is 4.21. The maximum atomic E-state index is 2.31. The fourth-order valence-electron chi connectivity index (χ4n) is 3.16. The van der Waals surface area contributed by atoms with E-state index in [0.29, 0.717) is 5.92 Å². The Morgan fingerprint density at radius 2 is 1.79 bits per heavy atom. The summed E-state index contributed by atoms with van der Waals surface area (Å²) < 4.78 is 0. The van der Waals surface area contributed by atoms with E-state index in [1.807, 2.05) is 0 Å². The highest BCUT2D eigenvalue weighted by Gasteiger charge is 2.22. The summed E-state index contributed by atoms with van der Waals surface area (Å²) in [6.45, 7) is 2.23. The first-order valence-corrected chi connectivity index (χ1v) is 6.93. The summed E-state index contributed by atoms with van der Waals surface area (Å²) in [7, 11) is 1.07. The molecule has 4 rings (SSSR count). The first kappa shape index (κ1) is 10.9. The topological polar surface area (TPSA) is 0 Å². The molecule has 0 bridgehead atoms. The van der Waals surface area contributed by atoms with Gasteiger partial charge in [-0.2, -0.15) is 0 Å². The number of benzene rings is 2. The van der Waals surface area contributed by atoms with Crippen LogP contribution in [0.2, 0.25) is 0 Å². The zero-order chi connectivity index (χ0) is 12.8. The second-order valence-electron chi connectivity index (χ2n) is 5.51. The van der Waals surface area contributed by atoms with Gasteiger partial charge in [0.05, 0.1) is 0 Å². The van der Waals surface area contributed by atoms with Crippen molar-refractivity contribution < 1.29 is 0 Å². The van der Waals surface area contributed by atoms with Crippen LogP contribution in [0.5, 0.6) is 0 Å². The molecule has 2 aromatic carbocycles. The van der Waals surface area contributed by atoms with Gasteiger partial charge in [-0.1, -0.05) is 78.6 Å². The molecule has 1 heterocycles. The molecule has 90 valence electrons. The summed E-state index contributed by atoms with van der Waals surface area (Å²) in [5.74, 6) is 0.537. The van der Waals surface area contributed by atoms with Gasteiger partial charge in [-0.05, 0) is 27.8 Å². The number of hydrogen-bond acceptors (Lipinski definition) is 0. The van der Waals surface area contributed by atoms with Crippen LogP contribution in [-0.4, -0.2) is 7.28 Å². The zero-order valence-corrected chi connectivity index (χ0v) is 11.1. The molecular weight excluding hydrogens is 227 g/mol. The molecule has 0 spiro atoms. The van der Waals surface area contributed by atoms with Crippen molar-refractivity contribution in [1.29, 1.82) is 0 Å². The van der Waals surface area contributed by atoms with Gasteiger partial charge in [-0.15, -0.1) is 0 Å². The molecule has 0 saturated heterocycles. The van der Waals surface area contributed by atoms with Gasteiger partial charge in [0.15, 0.2) is 7.28 Å². The van der Waals surface area contributed by atoms with E-state index in [0.717, 1.165) is 7.28 Å². The van der Waals surface area contributed by atoms with Gasteiger partial charge in [-0.25, -0.2) is 0 Å². The minimum atomic E-state index is 0.537. The van der Waals surface area contributed by atoms with Crippen molar-refractivity contribution in [3.05, 3.63) is 71.7 Å². The first-order chi connectivity index (χ1) is 9.33. The van der Waals surface area contributed by atoms with E-state index in [2.05, 4.69) is 67.6 Å². The van der Waals surface area contributed by atoms with E-state index in [9.17, 15) is 0 Å². The standard InChI is InChI=1S/C18H15B/c1-12-6-9-15-16-10-8-13-4-2-3-5-14(13)18(16)19-17(15)11-7-12/h2-12,19H,1H3/t12-/m1/s1. The van der Waals surface area contributed by atoms with Crippen molar-refractivity contribution in [2.45, 2.75) is 6.92 Å². The van der Waals surface area contributed by atoms with Gasteiger partial charge in [0.1, 0.15) is 0 Å². The van der Waals surface area contributed by atoms with Crippen LogP contribution in [0.15, 0.2) is 66.2 Å². The van der Waals surface area contributed by atoms with E-state index in [-0.39, 0.29) is 0 Å². The molecule has 0 fully saturated rings. The molecule has 0 nitrogen and oxygen atoms in total.